The summed E-state index contributed by atoms with van der Waals surface area (Å²) in [6.07, 6.45) is -4.77. The predicted octanol–water partition coefficient (Wildman–Crippen LogP) is 0.902. The van der Waals surface area contributed by atoms with Gasteiger partial charge in [0.15, 0.2) is 5.69 Å². The molecule has 2 rings (SSSR count). The molecule has 0 atom stereocenters. The average Bonchev–Trinajstić information content (AvgIpc) is 2.91. The quantitative estimate of drug-likeness (QED) is 0.441. The molecule has 0 aliphatic rings. The first-order valence-corrected chi connectivity index (χ1v) is 6.24. The van der Waals surface area contributed by atoms with Crippen LogP contribution >= 0.6 is 0 Å². The molecular weight excluding hydrogens is 315 g/mol. The number of amides is 2. The van der Waals surface area contributed by atoms with E-state index in [4.69, 9.17) is 11.6 Å². The molecule has 1 heterocycles. The van der Waals surface area contributed by atoms with Crippen molar-refractivity contribution in [2.24, 2.45) is 11.6 Å². The number of alkyl halides is 3. The summed E-state index contributed by atoms with van der Waals surface area (Å²) in [5.41, 5.74) is 5.56. The van der Waals surface area contributed by atoms with E-state index in [0.717, 1.165) is 0 Å². The minimum Gasteiger partial charge on any atom is -0.364 e. The van der Waals surface area contributed by atoms with Crippen LogP contribution in [-0.2, 0) is 6.18 Å². The smallest absolute Gasteiger partial charge is 0.364 e. The van der Waals surface area contributed by atoms with Gasteiger partial charge < -0.3 is 5.73 Å². The van der Waals surface area contributed by atoms with Gasteiger partial charge in [-0.3, -0.25) is 15.0 Å². The summed E-state index contributed by atoms with van der Waals surface area (Å²) in [4.78, 5) is 23.3. The lowest BCUT2D eigenvalue weighted by atomic mass is 10.1. The van der Waals surface area contributed by atoms with Crippen LogP contribution in [0.2, 0.25) is 0 Å². The van der Waals surface area contributed by atoms with Crippen LogP contribution in [0.1, 0.15) is 32.1 Å². The SMILES string of the molecule is Cc1cccc(C(=O)NN)c1-n1nc(C(F)(F)F)cc1C(N)=O. The molecule has 0 aliphatic carbocycles. The Kier molecular flexibility index (Phi) is 4.10. The van der Waals surface area contributed by atoms with E-state index in [-0.39, 0.29) is 11.3 Å². The van der Waals surface area contributed by atoms with Gasteiger partial charge in [0, 0.05) is 6.07 Å². The van der Waals surface area contributed by atoms with Crippen molar-refractivity contribution in [2.75, 3.05) is 0 Å². The van der Waals surface area contributed by atoms with Crippen molar-refractivity contribution >= 4 is 11.8 Å². The number of aromatic nitrogens is 2. The molecule has 23 heavy (non-hydrogen) atoms. The Labute approximate surface area is 128 Å². The molecule has 2 aromatic rings. The Hall–Kier alpha value is -2.88. The molecule has 0 saturated carbocycles. The van der Waals surface area contributed by atoms with E-state index in [1.807, 2.05) is 5.43 Å². The zero-order valence-corrected chi connectivity index (χ0v) is 11.8. The number of nitrogen functional groups attached to an aromatic ring is 1. The normalized spacial score (nSPS) is 11.3. The van der Waals surface area contributed by atoms with Gasteiger partial charge in [-0.25, -0.2) is 10.5 Å². The number of aryl methyl sites for hydroxylation is 1. The Morgan fingerprint density at radius 1 is 1.30 bits per heavy atom. The van der Waals surface area contributed by atoms with Gasteiger partial charge in [0.2, 0.25) is 0 Å². The van der Waals surface area contributed by atoms with Crippen molar-refractivity contribution in [3.05, 3.63) is 46.8 Å². The van der Waals surface area contributed by atoms with Crippen molar-refractivity contribution in [1.29, 1.82) is 0 Å². The first-order valence-electron chi connectivity index (χ1n) is 6.24. The van der Waals surface area contributed by atoms with Crippen LogP contribution in [0.3, 0.4) is 0 Å². The fraction of sp³-hybridized carbons (Fsp3) is 0.154. The Morgan fingerprint density at radius 3 is 2.48 bits per heavy atom. The number of nitrogens with one attached hydrogen (secondary N) is 1. The van der Waals surface area contributed by atoms with Crippen LogP contribution in [-0.4, -0.2) is 21.6 Å². The maximum atomic E-state index is 12.9. The number of hydrogen-bond donors (Lipinski definition) is 3. The second-order valence-electron chi connectivity index (χ2n) is 4.63. The average molecular weight is 327 g/mol. The third-order valence-corrected chi connectivity index (χ3v) is 3.08. The largest absolute Gasteiger partial charge is 0.435 e. The zero-order chi connectivity index (χ0) is 17.4. The van der Waals surface area contributed by atoms with Crippen molar-refractivity contribution in [2.45, 2.75) is 13.1 Å². The van der Waals surface area contributed by atoms with Crippen LogP contribution in [0.4, 0.5) is 13.2 Å². The molecule has 5 N–H and O–H groups in total. The second-order valence-corrected chi connectivity index (χ2v) is 4.63. The number of benzene rings is 1. The van der Waals surface area contributed by atoms with Gasteiger partial charge in [-0.05, 0) is 18.6 Å². The number of para-hydroxylation sites is 1. The molecule has 0 bridgehead atoms. The van der Waals surface area contributed by atoms with E-state index in [9.17, 15) is 22.8 Å². The fourth-order valence-corrected chi connectivity index (χ4v) is 2.07. The topological polar surface area (TPSA) is 116 Å². The van der Waals surface area contributed by atoms with Crippen molar-refractivity contribution in [1.82, 2.24) is 15.2 Å². The molecular formula is C13H12F3N5O2. The monoisotopic (exact) mass is 327 g/mol. The summed E-state index contributed by atoms with van der Waals surface area (Å²) in [6.45, 7) is 1.54. The number of carbonyl (C=O) groups is 2. The van der Waals surface area contributed by atoms with E-state index in [1.54, 1.807) is 13.0 Å². The van der Waals surface area contributed by atoms with E-state index < -0.39 is 29.4 Å². The summed E-state index contributed by atoms with van der Waals surface area (Å²) >= 11 is 0. The number of nitrogens with two attached hydrogens (primary N) is 2. The molecule has 1 aromatic carbocycles. The lowest BCUT2D eigenvalue weighted by Gasteiger charge is -2.13. The van der Waals surface area contributed by atoms with Crippen molar-refractivity contribution < 1.29 is 22.8 Å². The van der Waals surface area contributed by atoms with Crippen LogP contribution in [0.25, 0.3) is 5.69 Å². The molecule has 0 radical (unpaired) electrons. The van der Waals surface area contributed by atoms with Gasteiger partial charge in [-0.1, -0.05) is 12.1 Å². The van der Waals surface area contributed by atoms with Crippen LogP contribution < -0.4 is 17.0 Å². The zero-order valence-electron chi connectivity index (χ0n) is 11.8. The minimum atomic E-state index is -4.77. The summed E-state index contributed by atoms with van der Waals surface area (Å²) < 4.78 is 39.3. The third kappa shape index (κ3) is 3.01. The molecule has 7 nitrogen and oxygen atoms in total. The summed E-state index contributed by atoms with van der Waals surface area (Å²) in [5, 5.41) is 3.38. The number of hydrogen-bond acceptors (Lipinski definition) is 4. The maximum absolute atomic E-state index is 12.9. The van der Waals surface area contributed by atoms with E-state index in [2.05, 4.69) is 5.10 Å². The molecule has 0 saturated heterocycles. The van der Waals surface area contributed by atoms with Crippen LogP contribution in [0.15, 0.2) is 24.3 Å². The van der Waals surface area contributed by atoms with Gasteiger partial charge in [-0.15, -0.1) is 0 Å². The highest BCUT2D eigenvalue weighted by Crippen LogP contribution is 2.30. The maximum Gasteiger partial charge on any atom is 0.435 e. The number of carbonyl (C=O) groups excluding carboxylic acids is 2. The first-order chi connectivity index (χ1) is 10.7. The predicted molar refractivity (Wildman–Crippen MR) is 73.5 cm³/mol. The Bertz CT molecular complexity index is 782. The molecule has 2 amide bonds. The fourth-order valence-electron chi connectivity index (χ4n) is 2.07. The number of halogens is 3. The second kappa shape index (κ2) is 5.72. The lowest BCUT2D eigenvalue weighted by molar-refractivity contribution is -0.141. The van der Waals surface area contributed by atoms with Crippen LogP contribution in [0.5, 0.6) is 0 Å². The number of primary amides is 1. The summed E-state index contributed by atoms with van der Waals surface area (Å²) in [5.74, 6) is 3.21. The number of rotatable bonds is 3. The third-order valence-electron chi connectivity index (χ3n) is 3.08. The van der Waals surface area contributed by atoms with E-state index in [1.165, 1.54) is 12.1 Å². The van der Waals surface area contributed by atoms with Crippen molar-refractivity contribution in [3.8, 4) is 5.69 Å². The number of nitrogens with zero attached hydrogens (tertiary/aromatic N) is 2. The Morgan fingerprint density at radius 2 is 1.96 bits per heavy atom. The summed E-state index contributed by atoms with van der Waals surface area (Å²) in [6, 6.07) is 4.92. The molecule has 1 aromatic heterocycles. The highest BCUT2D eigenvalue weighted by Gasteiger charge is 2.36. The molecule has 0 unspecified atom stereocenters. The molecule has 0 fully saturated rings. The highest BCUT2D eigenvalue weighted by atomic mass is 19.4. The van der Waals surface area contributed by atoms with E-state index >= 15 is 0 Å². The first kappa shape index (κ1) is 16.5. The highest BCUT2D eigenvalue weighted by molar-refractivity contribution is 5.99. The van der Waals surface area contributed by atoms with Gasteiger partial charge in [-0.2, -0.15) is 18.3 Å². The van der Waals surface area contributed by atoms with Gasteiger partial charge in [0.05, 0.1) is 11.3 Å². The standard InChI is InChI=1S/C13H12F3N5O2/c1-6-3-2-4-7(12(23)19-18)10(6)21-8(11(17)22)5-9(20-21)13(14,15)16/h2-5H,18H2,1H3,(H2,17,22)(H,19,23). The lowest BCUT2D eigenvalue weighted by Crippen LogP contribution is -2.31. The van der Waals surface area contributed by atoms with Crippen LogP contribution in [0, 0.1) is 6.92 Å². The number of hydrazine groups is 1. The van der Waals surface area contributed by atoms with E-state index in [0.29, 0.717) is 16.3 Å². The molecule has 0 spiro atoms. The summed E-state index contributed by atoms with van der Waals surface area (Å²) in [7, 11) is 0. The van der Waals surface area contributed by atoms with Gasteiger partial charge >= 0.3 is 6.18 Å². The van der Waals surface area contributed by atoms with Crippen molar-refractivity contribution in [3.63, 3.8) is 0 Å². The Balaban J connectivity index is 2.79. The molecule has 10 heteroatoms. The van der Waals surface area contributed by atoms with Gasteiger partial charge in [0.25, 0.3) is 11.8 Å². The van der Waals surface area contributed by atoms with Gasteiger partial charge in [0.1, 0.15) is 5.69 Å². The molecule has 0 aliphatic heterocycles. The minimum absolute atomic E-state index is 0.0141. The molecule has 122 valence electrons.